The summed E-state index contributed by atoms with van der Waals surface area (Å²) in [5, 5.41) is 2.62. The molecule has 0 bridgehead atoms. The molecule has 0 unspecified atom stereocenters. The largest absolute Gasteiger partial charge is 0.324 e. The highest BCUT2D eigenvalue weighted by Crippen LogP contribution is 2.27. The van der Waals surface area contributed by atoms with Crippen LogP contribution in [-0.2, 0) is 14.8 Å². The fourth-order valence-electron chi connectivity index (χ4n) is 3.66. The number of nitrogens with zero attached hydrogens (tertiary/aromatic N) is 2. The molecule has 0 spiro atoms. The van der Waals surface area contributed by atoms with Crippen molar-refractivity contribution in [2.24, 2.45) is 5.92 Å². The summed E-state index contributed by atoms with van der Waals surface area (Å²) in [4.78, 5) is 12.3. The summed E-state index contributed by atoms with van der Waals surface area (Å²) in [7, 11) is -3.97. The van der Waals surface area contributed by atoms with E-state index in [1.165, 1.54) is 28.6 Å². The number of anilines is 1. The van der Waals surface area contributed by atoms with Gasteiger partial charge in [0.2, 0.25) is 15.9 Å². The Kier molecular flexibility index (Phi) is 5.88. The van der Waals surface area contributed by atoms with Crippen molar-refractivity contribution in [3.05, 3.63) is 78.6 Å². The van der Waals surface area contributed by atoms with Crippen molar-refractivity contribution in [3.63, 3.8) is 0 Å². The number of rotatable bonds is 5. The summed E-state index contributed by atoms with van der Waals surface area (Å²) in [6, 6.07) is 13.3. The van der Waals surface area contributed by atoms with Crippen molar-refractivity contribution in [2.75, 3.05) is 18.4 Å². The van der Waals surface area contributed by atoms with Gasteiger partial charge < -0.3 is 9.88 Å². The molecule has 0 radical (unpaired) electrons. The van der Waals surface area contributed by atoms with Crippen LogP contribution in [-0.4, -0.2) is 36.3 Å². The number of piperidine rings is 1. The van der Waals surface area contributed by atoms with Crippen LogP contribution in [0.4, 0.5) is 14.5 Å². The van der Waals surface area contributed by atoms with Crippen molar-refractivity contribution >= 4 is 21.6 Å². The first-order valence-corrected chi connectivity index (χ1v) is 11.3. The lowest BCUT2D eigenvalue weighted by molar-refractivity contribution is -0.120. The van der Waals surface area contributed by atoms with Gasteiger partial charge in [0.05, 0.1) is 5.69 Å². The highest BCUT2D eigenvalue weighted by atomic mass is 32.2. The van der Waals surface area contributed by atoms with Gasteiger partial charge in [0.15, 0.2) is 0 Å². The lowest BCUT2D eigenvalue weighted by Gasteiger charge is -2.30. The second-order valence-corrected chi connectivity index (χ2v) is 9.26. The Bertz CT molecular complexity index is 1190. The van der Waals surface area contributed by atoms with Crippen molar-refractivity contribution in [3.8, 4) is 5.69 Å². The first kappa shape index (κ1) is 21.2. The molecule has 0 saturated carbocycles. The molecule has 1 N–H and O–H groups in total. The van der Waals surface area contributed by atoms with Crippen molar-refractivity contribution < 1.29 is 22.0 Å². The average molecular weight is 445 g/mol. The van der Waals surface area contributed by atoms with Crippen LogP contribution in [0.25, 0.3) is 5.69 Å². The third-order valence-electron chi connectivity index (χ3n) is 5.39. The van der Waals surface area contributed by atoms with Crippen LogP contribution < -0.4 is 5.32 Å². The number of sulfonamides is 1. The summed E-state index contributed by atoms with van der Waals surface area (Å²) >= 11 is 0. The molecule has 1 amide bonds. The number of benzene rings is 2. The highest BCUT2D eigenvalue weighted by Gasteiger charge is 2.33. The third-order valence-corrected chi connectivity index (χ3v) is 7.32. The van der Waals surface area contributed by atoms with Crippen LogP contribution >= 0.6 is 0 Å². The van der Waals surface area contributed by atoms with Crippen LogP contribution in [0, 0.1) is 17.6 Å². The van der Waals surface area contributed by atoms with E-state index in [0.717, 1.165) is 6.07 Å². The summed E-state index contributed by atoms with van der Waals surface area (Å²) in [6.07, 6.45) is 4.14. The molecule has 1 aliphatic heterocycles. The lowest BCUT2D eigenvalue weighted by Crippen LogP contribution is -2.41. The molecule has 1 aliphatic rings. The van der Waals surface area contributed by atoms with Gasteiger partial charge >= 0.3 is 0 Å². The number of aromatic nitrogens is 1. The number of carbonyl (C=O) groups is 1. The Balaban J connectivity index is 1.42. The van der Waals surface area contributed by atoms with Crippen LogP contribution in [0.2, 0.25) is 0 Å². The molecule has 0 atom stereocenters. The van der Waals surface area contributed by atoms with Gasteiger partial charge in [-0.3, -0.25) is 4.79 Å². The van der Waals surface area contributed by atoms with E-state index in [0.29, 0.717) is 5.69 Å². The summed E-state index contributed by atoms with van der Waals surface area (Å²) in [5.74, 6) is -2.20. The number of hydrogen-bond donors (Lipinski definition) is 1. The van der Waals surface area contributed by atoms with E-state index in [1.807, 2.05) is 24.5 Å². The summed E-state index contributed by atoms with van der Waals surface area (Å²) in [5.41, 5.74) is 0.769. The number of nitrogens with one attached hydrogen (secondary N) is 1. The second kappa shape index (κ2) is 8.60. The maximum atomic E-state index is 14.2. The normalized spacial score (nSPS) is 15.7. The maximum Gasteiger partial charge on any atom is 0.245 e. The number of carbonyl (C=O) groups excluding carboxylic acids is 1. The Morgan fingerprint density at radius 2 is 1.61 bits per heavy atom. The molecular weight excluding hydrogens is 424 g/mol. The standard InChI is InChI=1S/C22H21F2N3O3S/c23-18-8-7-17(26-11-3-4-12-26)15-20(18)25-22(28)16-9-13-27(14-10-16)31(29,30)21-6-2-1-5-19(21)24/h1-8,11-12,15-16H,9-10,13-14H2,(H,25,28). The second-order valence-electron chi connectivity index (χ2n) is 7.35. The van der Waals surface area contributed by atoms with Crippen LogP contribution in [0.15, 0.2) is 71.9 Å². The fourth-order valence-corrected chi connectivity index (χ4v) is 5.20. The Labute approximate surface area is 179 Å². The highest BCUT2D eigenvalue weighted by molar-refractivity contribution is 7.89. The molecule has 3 aromatic rings. The van der Waals surface area contributed by atoms with Crippen LogP contribution in [0.1, 0.15) is 12.8 Å². The lowest BCUT2D eigenvalue weighted by atomic mass is 9.97. The van der Waals surface area contributed by atoms with Gasteiger partial charge in [-0.2, -0.15) is 4.31 Å². The first-order valence-electron chi connectivity index (χ1n) is 9.85. The summed E-state index contributed by atoms with van der Waals surface area (Å²) < 4.78 is 56.6. The predicted octanol–water partition coefficient (Wildman–Crippen LogP) is 3.79. The van der Waals surface area contributed by atoms with Gasteiger partial charge in [0.25, 0.3) is 0 Å². The minimum atomic E-state index is -3.97. The molecule has 1 saturated heterocycles. The van der Waals surface area contributed by atoms with Crippen LogP contribution in [0.5, 0.6) is 0 Å². The molecule has 31 heavy (non-hydrogen) atoms. The average Bonchev–Trinajstić information content (AvgIpc) is 3.30. The zero-order valence-corrected chi connectivity index (χ0v) is 17.4. The van der Waals surface area contributed by atoms with E-state index in [4.69, 9.17) is 0 Å². The number of hydrogen-bond acceptors (Lipinski definition) is 3. The zero-order valence-electron chi connectivity index (χ0n) is 16.5. The molecule has 1 aromatic heterocycles. The Hall–Kier alpha value is -3.04. The van der Waals surface area contributed by atoms with E-state index in [-0.39, 0.29) is 42.4 Å². The predicted molar refractivity (Wildman–Crippen MR) is 112 cm³/mol. The maximum absolute atomic E-state index is 14.2. The van der Waals surface area contributed by atoms with E-state index in [9.17, 15) is 22.0 Å². The first-order chi connectivity index (χ1) is 14.9. The van der Waals surface area contributed by atoms with E-state index in [2.05, 4.69) is 5.32 Å². The van der Waals surface area contributed by atoms with Gasteiger partial charge in [0, 0.05) is 37.1 Å². The molecule has 162 valence electrons. The third kappa shape index (κ3) is 4.38. The van der Waals surface area contributed by atoms with E-state index >= 15 is 0 Å². The van der Waals surface area contributed by atoms with Gasteiger partial charge in [-0.05, 0) is 55.3 Å². The number of halogens is 2. The van der Waals surface area contributed by atoms with Gasteiger partial charge in [0.1, 0.15) is 16.5 Å². The molecule has 6 nitrogen and oxygen atoms in total. The van der Waals surface area contributed by atoms with Crippen molar-refractivity contribution in [1.82, 2.24) is 8.87 Å². The zero-order chi connectivity index (χ0) is 22.0. The Morgan fingerprint density at radius 1 is 0.935 bits per heavy atom. The SMILES string of the molecule is O=C(Nc1cc(-n2cccc2)ccc1F)C1CCN(S(=O)(=O)c2ccccc2F)CC1. The molecule has 2 heterocycles. The van der Waals surface area contributed by atoms with Gasteiger partial charge in [-0.25, -0.2) is 17.2 Å². The van der Waals surface area contributed by atoms with E-state index < -0.39 is 27.6 Å². The molecule has 0 aliphatic carbocycles. The molecular formula is C22H21F2N3O3S. The summed E-state index contributed by atoms with van der Waals surface area (Å²) in [6.45, 7) is 0.168. The van der Waals surface area contributed by atoms with Gasteiger partial charge in [-0.1, -0.05) is 12.1 Å². The minimum absolute atomic E-state index is 0.0672. The van der Waals surface area contributed by atoms with Gasteiger partial charge in [-0.15, -0.1) is 0 Å². The van der Waals surface area contributed by atoms with Crippen LogP contribution in [0.3, 0.4) is 0 Å². The van der Waals surface area contributed by atoms with Crippen molar-refractivity contribution in [1.29, 1.82) is 0 Å². The monoisotopic (exact) mass is 445 g/mol. The molecule has 4 rings (SSSR count). The molecule has 9 heteroatoms. The minimum Gasteiger partial charge on any atom is -0.324 e. The quantitative estimate of drug-likeness (QED) is 0.650. The molecule has 2 aromatic carbocycles. The van der Waals surface area contributed by atoms with E-state index in [1.54, 1.807) is 16.7 Å². The Morgan fingerprint density at radius 3 is 2.29 bits per heavy atom. The molecule has 1 fully saturated rings. The van der Waals surface area contributed by atoms with Crippen molar-refractivity contribution in [2.45, 2.75) is 17.7 Å². The fraction of sp³-hybridized carbons (Fsp3) is 0.227. The topological polar surface area (TPSA) is 71.4 Å². The smallest absolute Gasteiger partial charge is 0.245 e. The number of amides is 1.